The Bertz CT molecular complexity index is 1190. The average molecular weight is 437 g/mol. The van der Waals surface area contributed by atoms with Gasteiger partial charge in [-0.05, 0) is 30.7 Å². The zero-order chi connectivity index (χ0) is 23.0. The molecule has 168 valence electrons. The number of nitrogens with zero attached hydrogens (tertiary/aromatic N) is 3. The van der Waals surface area contributed by atoms with Crippen LogP contribution in [0.1, 0.15) is 41.4 Å². The first kappa shape index (κ1) is 21.8. The number of benzene rings is 1. The number of rotatable bonds is 4. The first-order valence-electron chi connectivity index (χ1n) is 10.7. The lowest BCUT2D eigenvalue weighted by Gasteiger charge is -2.35. The fourth-order valence-corrected chi connectivity index (χ4v) is 4.34. The molecule has 2 atom stereocenters. The maximum Gasteiger partial charge on any atom is 0.251 e. The number of hydrogen-bond donors (Lipinski definition) is 2. The fourth-order valence-electron chi connectivity index (χ4n) is 4.34. The molecule has 0 saturated carbocycles. The molecule has 0 bridgehead atoms. The Morgan fingerprint density at radius 1 is 1.28 bits per heavy atom. The van der Waals surface area contributed by atoms with E-state index < -0.39 is 0 Å². The number of aromatic nitrogens is 2. The Balaban J connectivity index is 1.83. The summed E-state index contributed by atoms with van der Waals surface area (Å²) in [5.74, 6) is -0.0520. The van der Waals surface area contributed by atoms with Crippen LogP contribution in [0.2, 0.25) is 0 Å². The molecule has 32 heavy (non-hydrogen) atoms. The van der Waals surface area contributed by atoms with Crippen LogP contribution in [0.5, 0.6) is 5.75 Å². The summed E-state index contributed by atoms with van der Waals surface area (Å²) in [6, 6.07) is 8.78. The van der Waals surface area contributed by atoms with Crippen LogP contribution in [0, 0.1) is 6.92 Å². The lowest BCUT2D eigenvalue weighted by atomic mass is 9.93. The number of carbonyl (C=O) groups excluding carboxylic acids is 2. The number of carbonyl (C=O) groups is 2. The predicted octanol–water partition coefficient (Wildman–Crippen LogP) is 2.73. The zero-order valence-electron chi connectivity index (χ0n) is 18.8. The van der Waals surface area contributed by atoms with Gasteiger partial charge in [-0.3, -0.25) is 9.59 Å². The maximum absolute atomic E-state index is 12.1. The van der Waals surface area contributed by atoms with E-state index in [0.29, 0.717) is 30.9 Å². The Morgan fingerprint density at radius 2 is 2.06 bits per heavy atom. The van der Waals surface area contributed by atoms with Crippen molar-refractivity contribution in [2.45, 2.75) is 32.8 Å². The molecule has 1 aliphatic rings. The summed E-state index contributed by atoms with van der Waals surface area (Å²) < 4.78 is 8.03. The van der Waals surface area contributed by atoms with E-state index in [1.165, 1.54) is 0 Å². The van der Waals surface area contributed by atoms with Crippen LogP contribution in [0.4, 0.5) is 0 Å². The molecule has 3 heterocycles. The van der Waals surface area contributed by atoms with Crippen LogP contribution >= 0.6 is 0 Å². The predicted molar refractivity (Wildman–Crippen MR) is 121 cm³/mol. The third-order valence-electron chi connectivity index (χ3n) is 6.15. The first-order chi connectivity index (χ1) is 15.3. The molecule has 0 aliphatic carbocycles. The highest BCUT2D eigenvalue weighted by Crippen LogP contribution is 2.36. The quantitative estimate of drug-likeness (QED) is 0.656. The van der Waals surface area contributed by atoms with Crippen molar-refractivity contribution in [1.82, 2.24) is 19.6 Å². The first-order valence-corrected chi connectivity index (χ1v) is 10.7. The van der Waals surface area contributed by atoms with Crippen LogP contribution in [0.3, 0.4) is 0 Å². The second kappa shape index (κ2) is 8.63. The highest BCUT2D eigenvalue weighted by molar-refractivity contribution is 5.95. The molecule has 0 radical (unpaired) electrons. The molecule has 8 heteroatoms. The van der Waals surface area contributed by atoms with Crippen molar-refractivity contribution in [3.63, 3.8) is 0 Å². The van der Waals surface area contributed by atoms with Gasteiger partial charge >= 0.3 is 0 Å². The van der Waals surface area contributed by atoms with Gasteiger partial charge < -0.3 is 24.5 Å². The molecule has 8 nitrogen and oxygen atoms in total. The van der Waals surface area contributed by atoms with Crippen LogP contribution in [0.15, 0.2) is 36.5 Å². The fraction of sp³-hybridized carbons (Fsp3) is 0.375. The number of aromatic hydroxyl groups is 1. The summed E-state index contributed by atoms with van der Waals surface area (Å²) in [7, 11) is 1.61. The Morgan fingerprint density at radius 3 is 2.75 bits per heavy atom. The molecule has 1 aliphatic heterocycles. The Kier molecular flexibility index (Phi) is 5.88. The zero-order valence-corrected chi connectivity index (χ0v) is 18.8. The maximum atomic E-state index is 12.1. The normalized spacial score (nSPS) is 17.4. The topological polar surface area (TPSA) is 96.2 Å². The number of pyridine rings is 1. The number of ether oxygens (including phenoxy) is 1. The molecular formula is C24H28N4O4. The molecule has 0 spiro atoms. The van der Waals surface area contributed by atoms with E-state index in [4.69, 9.17) is 9.72 Å². The largest absolute Gasteiger partial charge is 0.508 e. The van der Waals surface area contributed by atoms with Crippen LogP contribution in [0.25, 0.3) is 16.9 Å². The highest BCUT2D eigenvalue weighted by atomic mass is 16.5. The standard InChI is InChI=1S/C24H28N4O4/c1-14-11-17(24(31)25-4)5-6-19(14)22-23(28-8-7-18(30)12-21(28)26-22)15(2)20-13-27(16(3)29)9-10-32-20/h5-8,11-12,15,20,30H,9-10,13H2,1-4H3,(H,25,31)/t15-,20-/m0/s1. The van der Waals surface area contributed by atoms with Gasteiger partial charge in [0.15, 0.2) is 0 Å². The minimum Gasteiger partial charge on any atom is -0.508 e. The molecule has 1 saturated heterocycles. The molecule has 3 aromatic rings. The number of amides is 2. The molecule has 0 unspecified atom stereocenters. The summed E-state index contributed by atoms with van der Waals surface area (Å²) in [5.41, 5.74) is 4.73. The van der Waals surface area contributed by atoms with E-state index in [1.807, 2.05) is 28.4 Å². The SMILES string of the molecule is CNC(=O)c1ccc(-c2nc3cc(O)ccn3c2[C@@H](C)[C@@H]2CN(C(C)=O)CCO2)c(C)c1. The molecule has 1 aromatic carbocycles. The van der Waals surface area contributed by atoms with Gasteiger partial charge in [-0.15, -0.1) is 0 Å². The van der Waals surface area contributed by atoms with Gasteiger partial charge in [0.2, 0.25) is 5.91 Å². The van der Waals surface area contributed by atoms with Crippen molar-refractivity contribution in [3.8, 4) is 17.0 Å². The van der Waals surface area contributed by atoms with E-state index in [-0.39, 0.29) is 29.6 Å². The minimum absolute atomic E-state index is 0.0365. The number of nitrogens with one attached hydrogen (secondary N) is 1. The van der Waals surface area contributed by atoms with E-state index >= 15 is 0 Å². The van der Waals surface area contributed by atoms with Gasteiger partial charge in [-0.2, -0.15) is 0 Å². The number of imidazole rings is 1. The second-order valence-corrected chi connectivity index (χ2v) is 8.23. The number of aryl methyl sites for hydroxylation is 1. The van der Waals surface area contributed by atoms with Crippen molar-refractivity contribution in [2.24, 2.45) is 0 Å². The third kappa shape index (κ3) is 3.93. The van der Waals surface area contributed by atoms with Gasteiger partial charge in [0, 0.05) is 56.4 Å². The molecule has 1 fully saturated rings. The van der Waals surface area contributed by atoms with Crippen LogP contribution < -0.4 is 5.32 Å². The number of fused-ring (bicyclic) bond motifs is 1. The van der Waals surface area contributed by atoms with Crippen molar-refractivity contribution < 1.29 is 19.4 Å². The Hall–Kier alpha value is -3.39. The van der Waals surface area contributed by atoms with Crippen molar-refractivity contribution >= 4 is 17.5 Å². The van der Waals surface area contributed by atoms with E-state index in [2.05, 4.69) is 12.2 Å². The van der Waals surface area contributed by atoms with Gasteiger partial charge in [-0.25, -0.2) is 4.98 Å². The average Bonchev–Trinajstić information content (AvgIpc) is 3.15. The molecule has 2 N–H and O–H groups in total. The monoisotopic (exact) mass is 436 g/mol. The van der Waals surface area contributed by atoms with Gasteiger partial charge in [0.1, 0.15) is 11.4 Å². The van der Waals surface area contributed by atoms with Gasteiger partial charge in [-0.1, -0.05) is 13.0 Å². The van der Waals surface area contributed by atoms with Crippen molar-refractivity contribution in [1.29, 1.82) is 0 Å². The molecule has 2 aromatic heterocycles. The van der Waals surface area contributed by atoms with Gasteiger partial charge in [0.05, 0.1) is 24.1 Å². The van der Waals surface area contributed by atoms with E-state index in [0.717, 1.165) is 22.5 Å². The molecular weight excluding hydrogens is 408 g/mol. The van der Waals surface area contributed by atoms with E-state index in [1.54, 1.807) is 38.4 Å². The van der Waals surface area contributed by atoms with E-state index in [9.17, 15) is 14.7 Å². The second-order valence-electron chi connectivity index (χ2n) is 8.23. The summed E-state index contributed by atoms with van der Waals surface area (Å²) in [6.07, 6.45) is 1.61. The van der Waals surface area contributed by atoms with Crippen LogP contribution in [-0.4, -0.2) is 64.1 Å². The van der Waals surface area contributed by atoms with Crippen molar-refractivity contribution in [3.05, 3.63) is 53.3 Å². The minimum atomic E-state index is -0.189. The molecule has 2 amide bonds. The van der Waals surface area contributed by atoms with Gasteiger partial charge in [0.25, 0.3) is 5.91 Å². The Labute approximate surface area is 186 Å². The smallest absolute Gasteiger partial charge is 0.251 e. The highest BCUT2D eigenvalue weighted by Gasteiger charge is 2.32. The third-order valence-corrected chi connectivity index (χ3v) is 6.15. The lowest BCUT2D eigenvalue weighted by Crippen LogP contribution is -2.46. The number of morpholine rings is 1. The number of hydrogen-bond acceptors (Lipinski definition) is 5. The lowest BCUT2D eigenvalue weighted by molar-refractivity contribution is -0.137. The summed E-state index contributed by atoms with van der Waals surface area (Å²) in [5, 5.41) is 12.6. The summed E-state index contributed by atoms with van der Waals surface area (Å²) in [4.78, 5) is 30.6. The van der Waals surface area contributed by atoms with Crippen LogP contribution in [-0.2, 0) is 9.53 Å². The summed E-state index contributed by atoms with van der Waals surface area (Å²) >= 11 is 0. The van der Waals surface area contributed by atoms with Crippen molar-refractivity contribution in [2.75, 3.05) is 26.7 Å². The molecule has 4 rings (SSSR count). The summed E-state index contributed by atoms with van der Waals surface area (Å²) in [6.45, 7) is 7.19.